The van der Waals surface area contributed by atoms with E-state index in [2.05, 4.69) is 9.80 Å². The van der Waals surface area contributed by atoms with Crippen LogP contribution in [0.3, 0.4) is 0 Å². The Morgan fingerprint density at radius 1 is 0.571 bits per heavy atom. The molecule has 0 unspecified atom stereocenters. The smallest absolute Gasteiger partial charge is 0.261 e. The number of ether oxygens (including phenoxy) is 4. The van der Waals surface area contributed by atoms with Crippen molar-refractivity contribution in [2.75, 3.05) is 107 Å². The molecule has 2 amide bonds. The Morgan fingerprint density at radius 2 is 0.911 bits per heavy atom. The molecular weight excluding hydrogens is 720 g/mol. The SMILES string of the molecule is Cc1cccc2c(=O)n(CC(=O)N(C)C)c(CN3CCOCCOCCN(Cc4nc5c(C)cccc5c(=O)n4CC(=O)N(C)C)CCOCCOCC3)nc12. The second kappa shape index (κ2) is 20.5. The molecule has 304 valence electrons. The van der Waals surface area contributed by atoms with Gasteiger partial charge in [0.15, 0.2) is 0 Å². The van der Waals surface area contributed by atoms with E-state index in [-0.39, 0.29) is 36.0 Å². The van der Waals surface area contributed by atoms with Gasteiger partial charge in [-0.05, 0) is 37.1 Å². The minimum Gasteiger partial charge on any atom is -0.378 e. The highest BCUT2D eigenvalue weighted by atomic mass is 16.5. The van der Waals surface area contributed by atoms with Crippen molar-refractivity contribution in [1.82, 2.24) is 38.7 Å². The van der Waals surface area contributed by atoms with Crippen molar-refractivity contribution >= 4 is 33.6 Å². The molecule has 0 spiro atoms. The molecule has 5 rings (SSSR count). The molecule has 2 aromatic carbocycles. The quantitative estimate of drug-likeness (QED) is 0.254. The number of aromatic nitrogens is 4. The number of amides is 2. The standard InChI is InChI=1S/C40H56N8O8/c1-29-9-7-11-31-37(29)41-33(47(39(31)51)27-35(49)43(3)4)25-45-13-17-53-21-23-55-19-15-46(16-20-56-24-22-54-18-14-45)26-34-42-38-30(2)10-8-12-32(38)40(52)48(34)28-36(50)44(5)6/h7-12H,13-28H2,1-6H3. The molecule has 0 aliphatic carbocycles. The van der Waals surface area contributed by atoms with Crippen molar-refractivity contribution in [2.45, 2.75) is 40.0 Å². The molecule has 0 saturated carbocycles. The summed E-state index contributed by atoms with van der Waals surface area (Å²) >= 11 is 0. The van der Waals surface area contributed by atoms with Gasteiger partial charge in [0.25, 0.3) is 11.1 Å². The Labute approximate surface area is 327 Å². The molecule has 1 saturated heterocycles. The number of aryl methyl sites for hydroxylation is 2. The van der Waals surface area contributed by atoms with Crippen LogP contribution < -0.4 is 11.1 Å². The monoisotopic (exact) mass is 776 g/mol. The third-order valence-electron chi connectivity index (χ3n) is 9.80. The molecule has 16 nitrogen and oxygen atoms in total. The Bertz CT molecular complexity index is 1910. The van der Waals surface area contributed by atoms with E-state index in [0.717, 1.165) is 11.1 Å². The zero-order valence-corrected chi connectivity index (χ0v) is 33.6. The topological polar surface area (TPSA) is 154 Å². The second-order valence-corrected chi connectivity index (χ2v) is 14.4. The van der Waals surface area contributed by atoms with Crippen molar-refractivity contribution in [3.05, 3.63) is 79.9 Å². The molecule has 1 fully saturated rings. The summed E-state index contributed by atoms with van der Waals surface area (Å²) in [5.41, 5.74) is 2.53. The van der Waals surface area contributed by atoms with Gasteiger partial charge in [0.1, 0.15) is 24.7 Å². The summed E-state index contributed by atoms with van der Waals surface area (Å²) in [7, 11) is 6.67. The fourth-order valence-corrected chi connectivity index (χ4v) is 6.34. The first-order chi connectivity index (χ1) is 26.9. The fourth-order valence-electron chi connectivity index (χ4n) is 6.34. The number of nitrogens with zero attached hydrogens (tertiary/aromatic N) is 8. The highest BCUT2D eigenvalue weighted by Gasteiger charge is 2.21. The molecule has 0 N–H and O–H groups in total. The van der Waals surface area contributed by atoms with Gasteiger partial charge in [0.05, 0.1) is 87.8 Å². The Hall–Kier alpha value is -4.58. The summed E-state index contributed by atoms with van der Waals surface area (Å²) in [4.78, 5) is 69.9. The third kappa shape index (κ3) is 11.3. The predicted molar refractivity (Wildman–Crippen MR) is 213 cm³/mol. The highest BCUT2D eigenvalue weighted by Crippen LogP contribution is 2.16. The summed E-state index contributed by atoms with van der Waals surface area (Å²) in [5.74, 6) is 0.601. The average molecular weight is 777 g/mol. The van der Waals surface area contributed by atoms with Gasteiger partial charge in [0, 0.05) is 54.4 Å². The number of hydrogen-bond donors (Lipinski definition) is 0. The maximum absolute atomic E-state index is 13.7. The molecule has 0 bridgehead atoms. The lowest BCUT2D eigenvalue weighted by Crippen LogP contribution is -2.38. The second-order valence-electron chi connectivity index (χ2n) is 14.4. The minimum atomic E-state index is -0.247. The summed E-state index contributed by atoms with van der Waals surface area (Å²) in [6.45, 7) is 9.52. The molecule has 2 aromatic heterocycles. The van der Waals surface area contributed by atoms with Crippen LogP contribution in [0.15, 0.2) is 46.0 Å². The minimum absolute atomic E-state index is 0.112. The van der Waals surface area contributed by atoms with E-state index in [1.807, 2.05) is 38.1 Å². The van der Waals surface area contributed by atoms with E-state index >= 15 is 0 Å². The largest absolute Gasteiger partial charge is 0.378 e. The fraction of sp³-hybridized carbons (Fsp3) is 0.550. The van der Waals surface area contributed by atoms with E-state index in [9.17, 15) is 19.2 Å². The third-order valence-corrected chi connectivity index (χ3v) is 9.80. The number of hydrogen-bond acceptors (Lipinski definition) is 12. The number of para-hydroxylation sites is 2. The Morgan fingerprint density at radius 3 is 1.23 bits per heavy atom. The van der Waals surface area contributed by atoms with Crippen molar-refractivity contribution < 1.29 is 28.5 Å². The molecule has 1 aliphatic rings. The number of benzene rings is 2. The average Bonchev–Trinajstić information content (AvgIpc) is 3.16. The van der Waals surface area contributed by atoms with E-state index in [4.69, 9.17) is 28.9 Å². The van der Waals surface area contributed by atoms with Crippen LogP contribution in [-0.4, -0.2) is 158 Å². The van der Waals surface area contributed by atoms with Gasteiger partial charge in [-0.25, -0.2) is 9.97 Å². The van der Waals surface area contributed by atoms with E-state index in [1.54, 1.807) is 40.3 Å². The van der Waals surface area contributed by atoms with Gasteiger partial charge in [0.2, 0.25) is 11.8 Å². The van der Waals surface area contributed by atoms with Crippen LogP contribution in [0.4, 0.5) is 0 Å². The summed E-state index contributed by atoms with van der Waals surface area (Å²) < 4.78 is 26.8. The zero-order valence-electron chi connectivity index (χ0n) is 33.6. The predicted octanol–water partition coefficient (Wildman–Crippen LogP) is 1.28. The maximum Gasteiger partial charge on any atom is 0.261 e. The van der Waals surface area contributed by atoms with Crippen LogP contribution in [0.5, 0.6) is 0 Å². The first-order valence-electron chi connectivity index (χ1n) is 19.1. The summed E-state index contributed by atoms with van der Waals surface area (Å²) in [5, 5.41) is 0.957. The molecule has 1 aliphatic heterocycles. The van der Waals surface area contributed by atoms with Crippen LogP contribution in [0.2, 0.25) is 0 Å². The van der Waals surface area contributed by atoms with Gasteiger partial charge in [-0.1, -0.05) is 24.3 Å². The molecule has 4 aromatic rings. The first kappa shape index (κ1) is 42.6. The van der Waals surface area contributed by atoms with E-state index < -0.39 is 0 Å². The van der Waals surface area contributed by atoms with Gasteiger partial charge in [-0.2, -0.15) is 0 Å². The van der Waals surface area contributed by atoms with Crippen LogP contribution in [-0.2, 0) is 54.7 Å². The molecule has 0 atom stereocenters. The van der Waals surface area contributed by atoms with Gasteiger partial charge >= 0.3 is 0 Å². The lowest BCUT2D eigenvalue weighted by Gasteiger charge is -2.25. The number of rotatable bonds is 8. The van der Waals surface area contributed by atoms with E-state index in [1.165, 1.54) is 18.9 Å². The molecule has 56 heavy (non-hydrogen) atoms. The van der Waals surface area contributed by atoms with Crippen LogP contribution in [0.25, 0.3) is 21.8 Å². The van der Waals surface area contributed by atoms with Crippen LogP contribution in [0.1, 0.15) is 22.8 Å². The summed E-state index contributed by atoms with van der Waals surface area (Å²) in [6.07, 6.45) is 0. The molecule has 3 heterocycles. The Balaban J connectivity index is 1.25. The normalized spacial score (nSPS) is 16.4. The van der Waals surface area contributed by atoms with Crippen LogP contribution >= 0.6 is 0 Å². The molecule has 16 heteroatoms. The Kier molecular flexibility index (Phi) is 15.6. The van der Waals surface area contributed by atoms with Gasteiger partial charge < -0.3 is 28.7 Å². The van der Waals surface area contributed by atoms with Crippen LogP contribution in [0, 0.1) is 13.8 Å². The number of carbonyl (C=O) groups is 2. The van der Waals surface area contributed by atoms with E-state index in [0.29, 0.717) is 126 Å². The lowest BCUT2D eigenvalue weighted by molar-refractivity contribution is -0.130. The number of carbonyl (C=O) groups excluding carboxylic acids is 2. The van der Waals surface area contributed by atoms with Gasteiger partial charge in [-0.3, -0.25) is 38.1 Å². The van der Waals surface area contributed by atoms with Crippen molar-refractivity contribution in [3.8, 4) is 0 Å². The maximum atomic E-state index is 13.7. The highest BCUT2D eigenvalue weighted by molar-refractivity contribution is 5.82. The van der Waals surface area contributed by atoms with Crippen molar-refractivity contribution in [3.63, 3.8) is 0 Å². The lowest BCUT2D eigenvalue weighted by atomic mass is 10.1. The number of fused-ring (bicyclic) bond motifs is 2. The summed E-state index contributed by atoms with van der Waals surface area (Å²) in [6, 6.07) is 11.0. The molecule has 0 radical (unpaired) electrons. The van der Waals surface area contributed by atoms with Crippen molar-refractivity contribution in [2.24, 2.45) is 0 Å². The first-order valence-corrected chi connectivity index (χ1v) is 19.1. The van der Waals surface area contributed by atoms with Gasteiger partial charge in [-0.15, -0.1) is 0 Å². The molecular formula is C40H56N8O8. The zero-order chi connectivity index (χ0) is 40.2. The van der Waals surface area contributed by atoms with Crippen molar-refractivity contribution in [1.29, 1.82) is 0 Å². The number of likely N-dealkylation sites (N-methyl/N-ethyl adjacent to an activating group) is 2.